The van der Waals surface area contributed by atoms with E-state index in [9.17, 15) is 4.79 Å². The van der Waals surface area contributed by atoms with E-state index < -0.39 is 11.6 Å². The first kappa shape index (κ1) is 23.9. The van der Waals surface area contributed by atoms with Gasteiger partial charge in [-0.25, -0.2) is 4.68 Å². The molecule has 0 unspecified atom stereocenters. The molecule has 0 fully saturated rings. The Kier molecular flexibility index (Phi) is 5.91. The van der Waals surface area contributed by atoms with Crippen molar-refractivity contribution in [3.05, 3.63) is 94.2 Å². The fourth-order valence-corrected chi connectivity index (χ4v) is 4.72. The van der Waals surface area contributed by atoms with Crippen molar-refractivity contribution < 1.29 is 13.9 Å². The molecule has 1 aliphatic rings. The first-order valence-electron chi connectivity index (χ1n) is 12.3. The molecular formula is C27H27N7O4. The highest BCUT2D eigenvalue weighted by molar-refractivity contribution is 5.83. The lowest BCUT2D eigenvalue weighted by Crippen LogP contribution is -2.37. The van der Waals surface area contributed by atoms with E-state index in [2.05, 4.69) is 30.4 Å². The zero-order chi connectivity index (χ0) is 26.3. The summed E-state index contributed by atoms with van der Waals surface area (Å²) in [6.07, 6.45) is 5.18. The molecule has 0 saturated heterocycles. The van der Waals surface area contributed by atoms with E-state index in [-0.39, 0.29) is 12.4 Å². The number of nitrogens with one attached hydrogen (secondary N) is 1. The van der Waals surface area contributed by atoms with E-state index >= 15 is 0 Å². The number of aromatic nitrogens is 6. The van der Waals surface area contributed by atoms with E-state index in [0.29, 0.717) is 41.5 Å². The number of hydrogen-bond donors (Lipinski definition) is 1. The summed E-state index contributed by atoms with van der Waals surface area (Å²) in [5, 5.41) is 13.6. The summed E-state index contributed by atoms with van der Waals surface area (Å²) in [6, 6.07) is 12.6. The molecule has 1 aliphatic heterocycles. The molecule has 11 heteroatoms. The maximum atomic E-state index is 13.7. The standard InChI is InChI=1S/C27H27N7O4/c1-27(2,3)34-25(30-31-32-34)24(33(15-19-7-5-9-36-19)14-17-6-4-8-28-13-17)20-10-18-11-22-23(38-16-37-22)12-21(18)29-26(20)35/h4-13,24H,14-16H2,1-3H3,(H,29,35)/t24-/m0/s1. The van der Waals surface area contributed by atoms with Crippen molar-refractivity contribution in [2.45, 2.75) is 45.4 Å². The van der Waals surface area contributed by atoms with Gasteiger partial charge in [-0.2, -0.15) is 0 Å². The normalized spacial score (nSPS) is 13.9. The largest absolute Gasteiger partial charge is 0.468 e. The highest BCUT2D eigenvalue weighted by atomic mass is 16.7. The van der Waals surface area contributed by atoms with Crippen LogP contribution in [0.25, 0.3) is 10.9 Å². The van der Waals surface area contributed by atoms with Crippen LogP contribution in [0.2, 0.25) is 0 Å². The van der Waals surface area contributed by atoms with Crippen LogP contribution in [0.3, 0.4) is 0 Å². The third kappa shape index (κ3) is 4.52. The first-order chi connectivity index (χ1) is 18.4. The topological polar surface area (TPSA) is 124 Å². The molecule has 38 heavy (non-hydrogen) atoms. The summed E-state index contributed by atoms with van der Waals surface area (Å²) in [5.74, 6) is 2.52. The Morgan fingerprint density at radius 1 is 1.11 bits per heavy atom. The lowest BCUT2D eigenvalue weighted by Gasteiger charge is -2.32. The van der Waals surface area contributed by atoms with Gasteiger partial charge in [0.15, 0.2) is 17.3 Å². The summed E-state index contributed by atoms with van der Waals surface area (Å²) < 4.78 is 18.6. The van der Waals surface area contributed by atoms with Gasteiger partial charge in [-0.15, -0.1) is 5.10 Å². The zero-order valence-corrected chi connectivity index (χ0v) is 21.3. The summed E-state index contributed by atoms with van der Waals surface area (Å²) in [5.41, 5.74) is 1.44. The third-order valence-corrected chi connectivity index (χ3v) is 6.45. The molecular weight excluding hydrogens is 486 g/mol. The van der Waals surface area contributed by atoms with Gasteiger partial charge >= 0.3 is 0 Å². The number of hydrogen-bond acceptors (Lipinski definition) is 9. The van der Waals surface area contributed by atoms with Crippen molar-refractivity contribution in [2.75, 3.05) is 6.79 Å². The van der Waals surface area contributed by atoms with E-state index in [4.69, 9.17) is 13.9 Å². The van der Waals surface area contributed by atoms with Crippen molar-refractivity contribution in [1.82, 2.24) is 35.1 Å². The molecule has 11 nitrogen and oxygen atoms in total. The number of furan rings is 1. The second-order valence-corrected chi connectivity index (χ2v) is 10.2. The number of aromatic amines is 1. The Morgan fingerprint density at radius 3 is 2.68 bits per heavy atom. The number of ether oxygens (including phenoxy) is 2. The number of tetrazole rings is 1. The minimum Gasteiger partial charge on any atom is -0.468 e. The molecule has 0 aliphatic carbocycles. The Hall–Kier alpha value is -4.51. The van der Waals surface area contributed by atoms with Gasteiger partial charge < -0.3 is 18.9 Å². The number of fused-ring (bicyclic) bond motifs is 2. The predicted molar refractivity (Wildman–Crippen MR) is 138 cm³/mol. The van der Waals surface area contributed by atoms with Crippen LogP contribution in [0.4, 0.5) is 0 Å². The Bertz CT molecular complexity index is 1620. The van der Waals surface area contributed by atoms with Crippen LogP contribution in [-0.4, -0.2) is 41.9 Å². The smallest absolute Gasteiger partial charge is 0.253 e. The number of H-pyrrole nitrogens is 1. The van der Waals surface area contributed by atoms with Gasteiger partial charge in [0.2, 0.25) is 6.79 Å². The van der Waals surface area contributed by atoms with Crippen LogP contribution < -0.4 is 15.0 Å². The minimum absolute atomic E-state index is 0.147. The number of nitrogens with zero attached hydrogens (tertiary/aromatic N) is 6. The minimum atomic E-state index is -0.617. The van der Waals surface area contributed by atoms with Gasteiger partial charge in [-0.05, 0) is 67.1 Å². The van der Waals surface area contributed by atoms with Crippen molar-refractivity contribution in [2.24, 2.45) is 0 Å². The van der Waals surface area contributed by atoms with Crippen molar-refractivity contribution in [1.29, 1.82) is 0 Å². The molecule has 4 aromatic heterocycles. The molecule has 6 rings (SSSR count). The predicted octanol–water partition coefficient (Wildman–Crippen LogP) is 3.78. The highest BCUT2D eigenvalue weighted by Gasteiger charge is 2.34. The summed E-state index contributed by atoms with van der Waals surface area (Å²) in [6.45, 7) is 7.08. The molecule has 0 amide bonds. The summed E-state index contributed by atoms with van der Waals surface area (Å²) in [4.78, 5) is 23.2. The lowest BCUT2D eigenvalue weighted by atomic mass is 10.0. The van der Waals surface area contributed by atoms with Crippen LogP contribution in [0.15, 0.2) is 70.3 Å². The molecule has 0 radical (unpaired) electrons. The van der Waals surface area contributed by atoms with Crippen LogP contribution >= 0.6 is 0 Å². The lowest BCUT2D eigenvalue weighted by molar-refractivity contribution is 0.171. The second-order valence-electron chi connectivity index (χ2n) is 10.2. The molecule has 194 valence electrons. The quantitative estimate of drug-likeness (QED) is 0.346. The maximum Gasteiger partial charge on any atom is 0.253 e. The van der Waals surface area contributed by atoms with E-state index in [1.54, 1.807) is 23.2 Å². The zero-order valence-electron chi connectivity index (χ0n) is 21.3. The molecule has 0 bridgehead atoms. The van der Waals surface area contributed by atoms with Gasteiger partial charge in [0.05, 0.1) is 23.9 Å². The molecule has 1 atom stereocenters. The SMILES string of the molecule is CC(C)(C)n1nnnc1[C@H](c1cc2cc3c(cc2[nH]c1=O)OCO3)N(Cc1cccnc1)Cc1ccco1. The fraction of sp³-hybridized carbons (Fsp3) is 0.296. The first-order valence-corrected chi connectivity index (χ1v) is 12.3. The Labute approximate surface area is 218 Å². The maximum absolute atomic E-state index is 13.7. The monoisotopic (exact) mass is 513 g/mol. The van der Waals surface area contributed by atoms with Crippen LogP contribution in [0.5, 0.6) is 11.5 Å². The number of rotatable bonds is 7. The van der Waals surface area contributed by atoms with E-state index in [0.717, 1.165) is 16.7 Å². The van der Waals surface area contributed by atoms with Crippen LogP contribution in [0, 0.1) is 0 Å². The van der Waals surface area contributed by atoms with Gasteiger partial charge in [0.1, 0.15) is 11.8 Å². The fourth-order valence-electron chi connectivity index (χ4n) is 4.72. The van der Waals surface area contributed by atoms with Gasteiger partial charge in [0.25, 0.3) is 5.56 Å². The van der Waals surface area contributed by atoms with Crippen molar-refractivity contribution in [3.8, 4) is 11.5 Å². The summed E-state index contributed by atoms with van der Waals surface area (Å²) >= 11 is 0. The molecule has 5 heterocycles. The Morgan fingerprint density at radius 2 is 1.95 bits per heavy atom. The van der Waals surface area contributed by atoms with Crippen molar-refractivity contribution >= 4 is 10.9 Å². The molecule has 0 spiro atoms. The van der Waals surface area contributed by atoms with Crippen molar-refractivity contribution in [3.63, 3.8) is 0 Å². The molecule has 5 aromatic rings. The second kappa shape index (κ2) is 9.42. The van der Waals surface area contributed by atoms with Crippen LogP contribution in [-0.2, 0) is 18.6 Å². The summed E-state index contributed by atoms with van der Waals surface area (Å²) in [7, 11) is 0. The van der Waals surface area contributed by atoms with Gasteiger partial charge in [-0.3, -0.25) is 14.7 Å². The molecule has 1 aromatic carbocycles. The third-order valence-electron chi connectivity index (χ3n) is 6.45. The highest BCUT2D eigenvalue weighted by Crippen LogP contribution is 2.37. The Balaban J connectivity index is 1.55. The van der Waals surface area contributed by atoms with Gasteiger partial charge in [0, 0.05) is 36.0 Å². The molecule has 1 N–H and O–H groups in total. The number of pyridine rings is 2. The van der Waals surface area contributed by atoms with Crippen LogP contribution in [0.1, 0.15) is 49.5 Å². The average Bonchev–Trinajstić information content (AvgIpc) is 3.66. The van der Waals surface area contributed by atoms with Gasteiger partial charge in [-0.1, -0.05) is 6.07 Å². The average molecular weight is 514 g/mol. The van der Waals surface area contributed by atoms with E-state index in [1.165, 1.54) is 0 Å². The molecule has 0 saturated carbocycles. The van der Waals surface area contributed by atoms with E-state index in [1.807, 2.05) is 63.4 Å². The number of benzene rings is 1.